The average Bonchev–Trinajstić information content (AvgIpc) is 2.88. The van der Waals surface area contributed by atoms with Crippen LogP contribution in [0.15, 0.2) is 66.9 Å². The summed E-state index contributed by atoms with van der Waals surface area (Å²) >= 11 is 0. The van der Waals surface area contributed by atoms with E-state index in [0.717, 1.165) is 43.6 Å². The summed E-state index contributed by atoms with van der Waals surface area (Å²) in [5.74, 6) is 0.629. The second kappa shape index (κ2) is 10.9. The number of aromatic nitrogens is 1. The van der Waals surface area contributed by atoms with Crippen LogP contribution in [-0.4, -0.2) is 40.0 Å². The van der Waals surface area contributed by atoms with Gasteiger partial charge in [0, 0.05) is 49.1 Å². The van der Waals surface area contributed by atoms with Gasteiger partial charge in [-0.15, -0.1) is 0 Å². The topological polar surface area (TPSA) is 109 Å². The molecule has 0 bridgehead atoms. The summed E-state index contributed by atoms with van der Waals surface area (Å²) in [5, 5.41) is 24.1. The van der Waals surface area contributed by atoms with Crippen molar-refractivity contribution >= 4 is 23.0 Å². The number of nitrogens with zero attached hydrogens (tertiary/aromatic N) is 3. The number of rotatable bonds is 9. The van der Waals surface area contributed by atoms with Gasteiger partial charge in [0.05, 0.1) is 4.92 Å². The van der Waals surface area contributed by atoms with Crippen LogP contribution in [0.5, 0.6) is 0 Å². The van der Waals surface area contributed by atoms with E-state index in [2.05, 4.69) is 15.2 Å². The van der Waals surface area contributed by atoms with Gasteiger partial charge in [-0.2, -0.15) is 0 Å². The number of aliphatic hydroxyl groups excluding tert-OH is 1. The Morgan fingerprint density at radius 2 is 1.94 bits per heavy atom. The van der Waals surface area contributed by atoms with Crippen LogP contribution in [0.25, 0.3) is 0 Å². The van der Waals surface area contributed by atoms with Gasteiger partial charge in [-0.25, -0.2) is 4.98 Å². The normalized spacial score (nSPS) is 15.7. The van der Waals surface area contributed by atoms with Crippen LogP contribution in [0.1, 0.15) is 47.2 Å². The number of nitrogens with one attached hydrogen (secondary N) is 1. The van der Waals surface area contributed by atoms with Crippen molar-refractivity contribution in [1.82, 2.24) is 4.98 Å². The Kier molecular flexibility index (Phi) is 7.49. The number of carbonyl (C=O) groups is 1. The predicted octanol–water partition coefficient (Wildman–Crippen LogP) is 4.57. The first-order valence-electron chi connectivity index (χ1n) is 11.5. The molecule has 8 heteroatoms. The molecule has 1 fully saturated rings. The van der Waals surface area contributed by atoms with Crippen LogP contribution in [-0.2, 0) is 6.54 Å². The van der Waals surface area contributed by atoms with Crippen LogP contribution >= 0.6 is 0 Å². The molecule has 0 radical (unpaired) electrons. The zero-order valence-corrected chi connectivity index (χ0v) is 18.9. The average molecular weight is 461 g/mol. The van der Waals surface area contributed by atoms with Gasteiger partial charge < -0.3 is 15.3 Å². The highest BCUT2D eigenvalue weighted by Crippen LogP contribution is 2.28. The summed E-state index contributed by atoms with van der Waals surface area (Å²) in [4.78, 5) is 30.7. The summed E-state index contributed by atoms with van der Waals surface area (Å²) in [6.07, 6.45) is 5.83. The molecule has 4 rings (SSSR count). The molecule has 2 aromatic carbocycles. The number of carbonyl (C=O) groups excluding carboxylic acids is 1. The first-order chi connectivity index (χ1) is 16.6. The highest BCUT2D eigenvalue weighted by atomic mass is 16.6. The molecular weight excluding hydrogens is 432 g/mol. The molecule has 3 aromatic rings. The molecule has 1 saturated heterocycles. The first kappa shape index (κ1) is 23.4. The number of hydrogen-bond donors (Lipinski definition) is 2. The molecular formula is C26H28N4O4. The number of benzene rings is 2. The Balaban J connectivity index is 1.45. The number of nitro benzene ring substituents is 1. The number of piperidine rings is 1. The van der Waals surface area contributed by atoms with Crippen LogP contribution in [0.3, 0.4) is 0 Å². The summed E-state index contributed by atoms with van der Waals surface area (Å²) in [6, 6.07) is 17.4. The molecule has 1 aliphatic rings. The fourth-order valence-corrected chi connectivity index (χ4v) is 4.37. The van der Waals surface area contributed by atoms with Gasteiger partial charge in [0.15, 0.2) is 5.78 Å². The number of nitro groups is 1. The van der Waals surface area contributed by atoms with Gasteiger partial charge in [-0.3, -0.25) is 14.9 Å². The first-order valence-corrected chi connectivity index (χ1v) is 11.5. The van der Waals surface area contributed by atoms with E-state index in [-0.39, 0.29) is 23.6 Å². The lowest BCUT2D eigenvalue weighted by Crippen LogP contribution is -2.40. The quantitative estimate of drug-likeness (QED) is 0.273. The molecule has 8 nitrogen and oxygen atoms in total. The van der Waals surface area contributed by atoms with E-state index in [0.29, 0.717) is 23.8 Å². The van der Waals surface area contributed by atoms with E-state index in [1.165, 1.54) is 6.07 Å². The third-order valence-corrected chi connectivity index (χ3v) is 6.17. The Morgan fingerprint density at radius 1 is 1.12 bits per heavy atom. The van der Waals surface area contributed by atoms with Gasteiger partial charge in [0.1, 0.15) is 11.5 Å². The molecule has 0 aliphatic carbocycles. The fraction of sp³-hybridized carbons (Fsp3) is 0.308. The summed E-state index contributed by atoms with van der Waals surface area (Å²) < 4.78 is 0. The third kappa shape index (κ3) is 5.40. The fourth-order valence-electron chi connectivity index (χ4n) is 4.37. The lowest BCUT2D eigenvalue weighted by molar-refractivity contribution is -0.384. The Hall–Kier alpha value is -3.78. The number of hydrogen-bond acceptors (Lipinski definition) is 7. The largest absolute Gasteiger partial charge is 0.396 e. The van der Waals surface area contributed by atoms with Crippen molar-refractivity contribution in [3.05, 3.63) is 93.7 Å². The lowest BCUT2D eigenvalue weighted by atomic mass is 9.99. The second-order valence-electron chi connectivity index (χ2n) is 8.42. The van der Waals surface area contributed by atoms with Gasteiger partial charge in [-0.1, -0.05) is 36.4 Å². The zero-order chi connectivity index (χ0) is 23.9. The molecule has 1 aliphatic heterocycles. The van der Waals surface area contributed by atoms with Crippen LogP contribution in [0.4, 0.5) is 17.2 Å². The Bertz CT molecular complexity index is 1130. The molecule has 0 unspecified atom stereocenters. The number of ketones is 1. The van der Waals surface area contributed by atoms with Gasteiger partial charge >= 0.3 is 0 Å². The standard InChI is InChI=1S/C26H28N4O4/c31-15-13-22-8-4-5-14-29(22)25-12-9-19(18-28-25)17-27-23-11-10-21(16-24(23)30(33)34)26(32)20-6-2-1-3-7-20/h1-3,6-7,9-12,16,18,22,27,31H,4-5,8,13-15,17H2/t22-/m1/s1. The molecule has 1 atom stereocenters. The van der Waals surface area contributed by atoms with Crippen LogP contribution in [0.2, 0.25) is 0 Å². The zero-order valence-electron chi connectivity index (χ0n) is 18.9. The minimum Gasteiger partial charge on any atom is -0.396 e. The summed E-state index contributed by atoms with van der Waals surface area (Å²) in [6.45, 7) is 1.45. The van der Waals surface area contributed by atoms with Crippen molar-refractivity contribution in [1.29, 1.82) is 0 Å². The molecule has 1 aromatic heterocycles. The van der Waals surface area contributed by atoms with Gasteiger partial charge in [0.2, 0.25) is 0 Å². The minimum absolute atomic E-state index is 0.147. The Labute approximate surface area is 198 Å². The number of pyridine rings is 1. The van der Waals surface area contributed by atoms with Gasteiger partial charge in [-0.05, 0) is 49.4 Å². The number of anilines is 2. The second-order valence-corrected chi connectivity index (χ2v) is 8.42. The maximum absolute atomic E-state index is 12.7. The molecule has 2 heterocycles. The molecule has 0 saturated carbocycles. The Morgan fingerprint density at radius 3 is 2.65 bits per heavy atom. The molecule has 176 valence electrons. The molecule has 0 amide bonds. The molecule has 2 N–H and O–H groups in total. The van der Waals surface area contributed by atoms with E-state index < -0.39 is 4.92 Å². The van der Waals surface area contributed by atoms with Crippen molar-refractivity contribution in [3.8, 4) is 0 Å². The minimum atomic E-state index is -0.483. The summed E-state index contributed by atoms with van der Waals surface area (Å²) in [7, 11) is 0. The highest BCUT2D eigenvalue weighted by molar-refractivity contribution is 6.09. The van der Waals surface area contributed by atoms with E-state index in [1.54, 1.807) is 42.6 Å². The van der Waals surface area contributed by atoms with E-state index in [9.17, 15) is 20.0 Å². The van der Waals surface area contributed by atoms with Crippen molar-refractivity contribution in [2.75, 3.05) is 23.4 Å². The lowest BCUT2D eigenvalue weighted by Gasteiger charge is -2.36. The van der Waals surface area contributed by atoms with Crippen molar-refractivity contribution < 1.29 is 14.8 Å². The van der Waals surface area contributed by atoms with Gasteiger partial charge in [0.25, 0.3) is 5.69 Å². The smallest absolute Gasteiger partial charge is 0.293 e. The SMILES string of the molecule is O=C(c1ccccc1)c1ccc(NCc2ccc(N3CCCC[C@@H]3CCO)nc2)c([N+](=O)[O-])c1. The monoisotopic (exact) mass is 460 g/mol. The van der Waals surface area contributed by atoms with Crippen LogP contribution < -0.4 is 10.2 Å². The van der Waals surface area contributed by atoms with Crippen molar-refractivity contribution in [2.45, 2.75) is 38.3 Å². The summed E-state index contributed by atoms with van der Waals surface area (Å²) in [5.41, 5.74) is 1.84. The van der Waals surface area contributed by atoms with Crippen molar-refractivity contribution in [2.24, 2.45) is 0 Å². The van der Waals surface area contributed by atoms with E-state index >= 15 is 0 Å². The maximum atomic E-state index is 12.7. The molecule has 34 heavy (non-hydrogen) atoms. The molecule has 0 spiro atoms. The van der Waals surface area contributed by atoms with Crippen LogP contribution in [0, 0.1) is 10.1 Å². The third-order valence-electron chi connectivity index (χ3n) is 6.17. The van der Waals surface area contributed by atoms with Crippen molar-refractivity contribution in [3.63, 3.8) is 0 Å². The predicted molar refractivity (Wildman–Crippen MR) is 131 cm³/mol. The highest BCUT2D eigenvalue weighted by Gasteiger charge is 2.23. The maximum Gasteiger partial charge on any atom is 0.293 e. The number of aliphatic hydroxyl groups is 1. The van der Waals surface area contributed by atoms with E-state index in [4.69, 9.17) is 0 Å². The van der Waals surface area contributed by atoms with E-state index in [1.807, 2.05) is 18.2 Å².